The minimum absolute atomic E-state index is 0.0110. The molecular weight excluding hydrogens is 581 g/mol. The predicted molar refractivity (Wildman–Crippen MR) is 147 cm³/mol. The molecule has 2 saturated heterocycles. The summed E-state index contributed by atoms with van der Waals surface area (Å²) in [5, 5.41) is 14.9. The average molecular weight is 618 g/mol. The summed E-state index contributed by atoms with van der Waals surface area (Å²) in [7, 11) is -3.51. The first kappa shape index (κ1) is 30.6. The van der Waals surface area contributed by atoms with E-state index in [-0.39, 0.29) is 37.0 Å². The SMILES string of the molecule is CCOP(=O)(OCC)C(C)OC[C@H]1O[C@@H](n2ncc3c(N(C(=O)O)C4CCCC4)nc(Cl)nc32)[C@@H]2OC(C)(C)O[C@@H]21. The Labute approximate surface area is 243 Å². The van der Waals surface area contributed by atoms with Gasteiger partial charge in [0.1, 0.15) is 18.3 Å². The van der Waals surface area contributed by atoms with Gasteiger partial charge in [-0.1, -0.05) is 12.8 Å². The van der Waals surface area contributed by atoms with Gasteiger partial charge in [-0.25, -0.2) is 9.48 Å². The van der Waals surface area contributed by atoms with E-state index in [1.165, 1.54) is 15.8 Å². The molecule has 14 nitrogen and oxygen atoms in total. The number of rotatable bonds is 11. The lowest BCUT2D eigenvalue weighted by molar-refractivity contribution is -0.203. The van der Waals surface area contributed by atoms with Gasteiger partial charge in [-0.3, -0.25) is 9.46 Å². The molecule has 0 spiro atoms. The molecule has 1 aliphatic carbocycles. The van der Waals surface area contributed by atoms with Crippen LogP contribution in [-0.4, -0.2) is 86.8 Å². The molecule has 16 heteroatoms. The number of nitrogens with zero attached hydrogens (tertiary/aromatic N) is 5. The van der Waals surface area contributed by atoms with Crippen LogP contribution in [0.1, 0.15) is 66.5 Å². The summed E-state index contributed by atoms with van der Waals surface area (Å²) in [6, 6.07) is -0.211. The molecule has 41 heavy (non-hydrogen) atoms. The number of halogens is 1. The maximum atomic E-state index is 13.2. The van der Waals surface area contributed by atoms with E-state index in [0.717, 1.165) is 25.7 Å². The highest BCUT2D eigenvalue weighted by Crippen LogP contribution is 2.53. The lowest BCUT2D eigenvalue weighted by Gasteiger charge is -2.27. The van der Waals surface area contributed by atoms with Crippen LogP contribution in [0.15, 0.2) is 6.20 Å². The van der Waals surface area contributed by atoms with E-state index in [2.05, 4.69) is 15.1 Å². The van der Waals surface area contributed by atoms with Crippen molar-refractivity contribution in [3.63, 3.8) is 0 Å². The molecule has 5 atom stereocenters. The summed E-state index contributed by atoms with van der Waals surface area (Å²) in [4.78, 5) is 22.3. The van der Waals surface area contributed by atoms with Crippen LogP contribution in [0.3, 0.4) is 0 Å². The Morgan fingerprint density at radius 3 is 2.51 bits per heavy atom. The third-order valence-electron chi connectivity index (χ3n) is 7.46. The molecule has 3 fully saturated rings. The highest BCUT2D eigenvalue weighted by Gasteiger charge is 2.57. The first-order chi connectivity index (χ1) is 19.5. The number of ether oxygens (including phenoxy) is 4. The standard InChI is InChI=1S/C25H37ClN5O9P/c1-6-36-41(34,37-7-2)14(3)35-13-17-18-19(40-25(4,5)39-18)22(38-17)31-21-16(12-27-31)20(28-23(26)29-21)30(24(32)33)15-10-8-9-11-15/h12,14-15,17-19,22H,6-11,13H2,1-5H3,(H,32,33)/t14?,17-,18-,19-,22-/m1/s1. The molecule has 228 valence electrons. The summed E-state index contributed by atoms with van der Waals surface area (Å²) in [6.45, 7) is 9.13. The largest absolute Gasteiger partial charge is 0.465 e. The van der Waals surface area contributed by atoms with Gasteiger partial charge in [0.05, 0.1) is 31.4 Å². The fourth-order valence-corrected chi connectivity index (χ4v) is 7.40. The number of hydrogen-bond acceptors (Lipinski definition) is 11. The third-order valence-corrected chi connectivity index (χ3v) is 9.91. The molecule has 1 unspecified atom stereocenters. The maximum Gasteiger partial charge on any atom is 0.413 e. The van der Waals surface area contributed by atoms with Gasteiger partial charge in [0.25, 0.3) is 0 Å². The van der Waals surface area contributed by atoms with Gasteiger partial charge in [0, 0.05) is 6.04 Å². The molecule has 0 aromatic carbocycles. The Balaban J connectivity index is 1.44. The molecule has 4 heterocycles. The van der Waals surface area contributed by atoms with Crippen molar-refractivity contribution in [2.45, 2.75) is 103 Å². The minimum Gasteiger partial charge on any atom is -0.465 e. The summed E-state index contributed by atoms with van der Waals surface area (Å²) < 4.78 is 50.2. The number of amides is 1. The zero-order valence-corrected chi connectivity index (χ0v) is 25.4. The van der Waals surface area contributed by atoms with Crippen molar-refractivity contribution >= 4 is 42.1 Å². The normalized spacial score (nSPS) is 27.0. The predicted octanol–water partition coefficient (Wildman–Crippen LogP) is 4.95. The lowest BCUT2D eigenvalue weighted by Crippen LogP contribution is -2.38. The van der Waals surface area contributed by atoms with E-state index in [1.807, 2.05) is 0 Å². The van der Waals surface area contributed by atoms with Gasteiger partial charge in [-0.05, 0) is 59.1 Å². The lowest BCUT2D eigenvalue weighted by atomic mass is 10.1. The van der Waals surface area contributed by atoms with Crippen LogP contribution in [0.5, 0.6) is 0 Å². The number of hydrogen-bond donors (Lipinski definition) is 1. The first-order valence-electron chi connectivity index (χ1n) is 13.9. The maximum absolute atomic E-state index is 13.2. The summed E-state index contributed by atoms with van der Waals surface area (Å²) in [5.41, 5.74) is 0.299. The molecule has 2 aromatic rings. The number of anilines is 1. The number of carbonyl (C=O) groups is 1. The molecule has 1 saturated carbocycles. The Hall–Kier alpha value is -1.90. The van der Waals surface area contributed by atoms with Crippen molar-refractivity contribution in [1.29, 1.82) is 0 Å². The summed E-state index contributed by atoms with van der Waals surface area (Å²) >= 11 is 6.33. The van der Waals surface area contributed by atoms with Crippen molar-refractivity contribution in [2.75, 3.05) is 24.7 Å². The van der Waals surface area contributed by atoms with E-state index in [9.17, 15) is 14.5 Å². The van der Waals surface area contributed by atoms with Crippen molar-refractivity contribution in [3.05, 3.63) is 11.5 Å². The fourth-order valence-electron chi connectivity index (χ4n) is 5.76. The van der Waals surface area contributed by atoms with Gasteiger partial charge in [0.15, 0.2) is 29.3 Å². The first-order valence-corrected chi connectivity index (χ1v) is 15.9. The van der Waals surface area contributed by atoms with Gasteiger partial charge < -0.3 is 33.1 Å². The molecule has 1 amide bonds. The van der Waals surface area contributed by atoms with Gasteiger partial charge in [-0.15, -0.1) is 0 Å². The number of carboxylic acid groups (broad SMARTS) is 1. The van der Waals surface area contributed by atoms with Crippen molar-refractivity contribution < 1.29 is 42.5 Å². The molecule has 5 rings (SSSR count). The van der Waals surface area contributed by atoms with Crippen LogP contribution in [0.4, 0.5) is 10.6 Å². The van der Waals surface area contributed by atoms with Crippen LogP contribution in [0.2, 0.25) is 5.28 Å². The molecular formula is C25H37ClN5O9P. The van der Waals surface area contributed by atoms with E-state index >= 15 is 0 Å². The second-order valence-corrected chi connectivity index (χ2v) is 13.3. The highest BCUT2D eigenvalue weighted by atomic mass is 35.5. The molecule has 0 radical (unpaired) electrons. The summed E-state index contributed by atoms with van der Waals surface area (Å²) in [6.07, 6.45) is 1.15. The third kappa shape index (κ3) is 5.98. The monoisotopic (exact) mass is 617 g/mol. The quantitative estimate of drug-likeness (QED) is 0.267. The molecule has 1 N–H and O–H groups in total. The summed E-state index contributed by atoms with van der Waals surface area (Å²) in [5.74, 6) is -1.59. The van der Waals surface area contributed by atoms with Crippen molar-refractivity contribution in [3.8, 4) is 0 Å². The van der Waals surface area contributed by atoms with Gasteiger partial charge in [0.2, 0.25) is 5.28 Å². The van der Waals surface area contributed by atoms with Gasteiger partial charge in [-0.2, -0.15) is 15.1 Å². The Kier molecular flexibility index (Phi) is 8.94. The zero-order valence-electron chi connectivity index (χ0n) is 23.8. The van der Waals surface area contributed by atoms with E-state index < -0.39 is 49.9 Å². The van der Waals surface area contributed by atoms with Crippen molar-refractivity contribution in [1.82, 2.24) is 19.7 Å². The zero-order chi connectivity index (χ0) is 29.5. The number of aromatic nitrogens is 4. The van der Waals surface area contributed by atoms with Crippen LogP contribution < -0.4 is 4.90 Å². The van der Waals surface area contributed by atoms with Crippen molar-refractivity contribution in [2.24, 2.45) is 0 Å². The van der Waals surface area contributed by atoms with E-state index in [0.29, 0.717) is 11.0 Å². The van der Waals surface area contributed by atoms with Crippen LogP contribution in [-0.2, 0) is 32.6 Å². The highest BCUT2D eigenvalue weighted by molar-refractivity contribution is 7.54. The minimum atomic E-state index is -3.51. The van der Waals surface area contributed by atoms with Crippen LogP contribution >= 0.6 is 19.2 Å². The topological polar surface area (TPSA) is 157 Å². The van der Waals surface area contributed by atoms with Crippen LogP contribution in [0.25, 0.3) is 11.0 Å². The Morgan fingerprint density at radius 1 is 1.22 bits per heavy atom. The number of fused-ring (bicyclic) bond motifs is 2. The van der Waals surface area contributed by atoms with Crippen LogP contribution in [0, 0.1) is 0 Å². The van der Waals surface area contributed by atoms with E-state index in [1.54, 1.807) is 34.6 Å². The molecule has 2 aliphatic heterocycles. The Bertz CT molecular complexity index is 1300. The Morgan fingerprint density at radius 2 is 1.88 bits per heavy atom. The van der Waals surface area contributed by atoms with Gasteiger partial charge >= 0.3 is 13.7 Å². The molecule has 0 bridgehead atoms. The second kappa shape index (κ2) is 12.0. The smallest absolute Gasteiger partial charge is 0.413 e. The van der Waals surface area contributed by atoms with E-state index in [4.69, 9.17) is 39.6 Å². The fraction of sp³-hybridized carbons (Fsp3) is 0.760. The molecule has 2 aromatic heterocycles. The average Bonchev–Trinajstić information content (AvgIpc) is 3.67. The second-order valence-electron chi connectivity index (χ2n) is 10.7. The molecule has 3 aliphatic rings.